The highest BCUT2D eigenvalue weighted by Crippen LogP contribution is 2.32. The molecular formula is C14H20N2O4. The molecule has 3 N–H and O–H groups in total. The van der Waals surface area contributed by atoms with Gasteiger partial charge in [0.15, 0.2) is 11.5 Å². The monoisotopic (exact) mass is 280 g/mol. The molecule has 20 heavy (non-hydrogen) atoms. The van der Waals surface area contributed by atoms with Crippen molar-refractivity contribution in [3.05, 3.63) is 23.8 Å². The average molecular weight is 280 g/mol. The number of fused-ring (bicyclic) bond motifs is 1. The Morgan fingerprint density at radius 3 is 3.05 bits per heavy atom. The molecule has 0 saturated carbocycles. The smallest absolute Gasteiger partial charge is 0.404 e. The molecule has 0 aromatic heterocycles. The van der Waals surface area contributed by atoms with Crippen LogP contribution in [0, 0.1) is 0 Å². The normalized spacial score (nSPS) is 14.1. The van der Waals surface area contributed by atoms with Gasteiger partial charge in [-0.15, -0.1) is 0 Å². The Morgan fingerprint density at radius 1 is 1.45 bits per heavy atom. The molecule has 0 aliphatic carbocycles. The fourth-order valence-electron chi connectivity index (χ4n) is 2.04. The summed E-state index contributed by atoms with van der Waals surface area (Å²) in [6.45, 7) is 3.29. The number of rotatable bonds is 7. The van der Waals surface area contributed by atoms with Crippen LogP contribution in [0.15, 0.2) is 18.2 Å². The summed E-state index contributed by atoms with van der Waals surface area (Å²) in [5, 5.41) is 3.27. The second kappa shape index (κ2) is 7.00. The number of carbonyl (C=O) groups is 1. The molecule has 1 aromatic carbocycles. The average Bonchev–Trinajstić information content (AvgIpc) is 2.88. The minimum absolute atomic E-state index is 0.295. The molecule has 1 unspecified atom stereocenters. The molecule has 2 rings (SSSR count). The molecule has 1 aliphatic rings. The molecule has 0 radical (unpaired) electrons. The summed E-state index contributed by atoms with van der Waals surface area (Å²) in [4.78, 5) is 10.4. The molecule has 0 spiro atoms. The van der Waals surface area contributed by atoms with E-state index in [-0.39, 0.29) is 0 Å². The summed E-state index contributed by atoms with van der Waals surface area (Å²) < 4.78 is 15.3. The first-order valence-corrected chi connectivity index (χ1v) is 6.69. The van der Waals surface area contributed by atoms with Gasteiger partial charge in [-0.2, -0.15) is 0 Å². The molecule has 110 valence electrons. The van der Waals surface area contributed by atoms with E-state index in [4.69, 9.17) is 15.2 Å². The van der Waals surface area contributed by atoms with Crippen molar-refractivity contribution in [2.45, 2.75) is 25.8 Å². The first-order chi connectivity index (χ1) is 9.65. The maximum Gasteiger partial charge on any atom is 0.404 e. The third kappa shape index (κ3) is 4.31. The lowest BCUT2D eigenvalue weighted by atomic mass is 10.1. The Hall–Kier alpha value is -1.95. The van der Waals surface area contributed by atoms with E-state index >= 15 is 0 Å². The summed E-state index contributed by atoms with van der Waals surface area (Å²) in [6.07, 6.45) is 1.19. The fraction of sp³-hybridized carbons (Fsp3) is 0.500. The molecule has 1 amide bonds. The maximum absolute atomic E-state index is 10.4. The largest absolute Gasteiger partial charge is 0.454 e. The Bertz CT molecular complexity index is 464. The highest BCUT2D eigenvalue weighted by atomic mass is 16.7. The number of ether oxygens (including phenoxy) is 3. The number of nitrogens with one attached hydrogen (secondary N) is 1. The number of nitrogens with two attached hydrogens (primary N) is 1. The summed E-state index contributed by atoms with van der Waals surface area (Å²) >= 11 is 0. The predicted molar refractivity (Wildman–Crippen MR) is 73.9 cm³/mol. The third-order valence-corrected chi connectivity index (χ3v) is 3.14. The Labute approximate surface area is 118 Å². The van der Waals surface area contributed by atoms with Gasteiger partial charge in [0.25, 0.3) is 0 Å². The second-order valence-electron chi connectivity index (χ2n) is 4.75. The van der Waals surface area contributed by atoms with E-state index in [0.29, 0.717) is 26.0 Å². The first-order valence-electron chi connectivity index (χ1n) is 6.69. The number of carbonyl (C=O) groups excluding carboxylic acids is 1. The quantitative estimate of drug-likeness (QED) is 0.738. The fourth-order valence-corrected chi connectivity index (χ4v) is 2.04. The minimum Gasteiger partial charge on any atom is -0.454 e. The van der Waals surface area contributed by atoms with Crippen molar-refractivity contribution in [2.24, 2.45) is 5.73 Å². The first kappa shape index (κ1) is 14.5. The van der Waals surface area contributed by atoms with Gasteiger partial charge in [0.1, 0.15) is 6.61 Å². The molecule has 1 aliphatic heterocycles. The standard InChI is InChI=1S/C14H20N2O4/c1-10(16-6-7-18-14(15)17)2-3-11-4-5-12-13(8-11)20-9-19-12/h4-5,8,10,16H,2-3,6-7,9H2,1H3,(H2,15,17). The van der Waals surface area contributed by atoms with Crippen molar-refractivity contribution in [1.82, 2.24) is 5.32 Å². The molecule has 0 fully saturated rings. The van der Waals surface area contributed by atoms with Gasteiger partial charge in [-0.1, -0.05) is 6.07 Å². The van der Waals surface area contributed by atoms with E-state index in [2.05, 4.69) is 23.0 Å². The van der Waals surface area contributed by atoms with Crippen LogP contribution in [0.3, 0.4) is 0 Å². The van der Waals surface area contributed by atoms with Crippen LogP contribution >= 0.6 is 0 Å². The summed E-state index contributed by atoms with van der Waals surface area (Å²) in [5.74, 6) is 1.63. The molecular weight excluding hydrogens is 260 g/mol. The highest BCUT2D eigenvalue weighted by Gasteiger charge is 2.13. The van der Waals surface area contributed by atoms with Crippen LogP contribution in [0.2, 0.25) is 0 Å². The van der Waals surface area contributed by atoms with E-state index in [9.17, 15) is 4.79 Å². The van der Waals surface area contributed by atoms with Gasteiger partial charge in [-0.25, -0.2) is 4.79 Å². The highest BCUT2D eigenvalue weighted by molar-refractivity contribution is 5.64. The zero-order valence-corrected chi connectivity index (χ0v) is 11.6. The van der Waals surface area contributed by atoms with E-state index in [1.54, 1.807) is 0 Å². The summed E-state index contributed by atoms with van der Waals surface area (Å²) in [7, 11) is 0. The van der Waals surface area contributed by atoms with Crippen LogP contribution in [0.1, 0.15) is 18.9 Å². The number of hydrogen-bond acceptors (Lipinski definition) is 5. The van der Waals surface area contributed by atoms with Crippen LogP contribution in [0.5, 0.6) is 11.5 Å². The van der Waals surface area contributed by atoms with Crippen molar-refractivity contribution in [2.75, 3.05) is 19.9 Å². The van der Waals surface area contributed by atoms with Gasteiger partial charge in [-0.3, -0.25) is 0 Å². The topological polar surface area (TPSA) is 82.8 Å². The van der Waals surface area contributed by atoms with Gasteiger partial charge in [-0.05, 0) is 37.5 Å². The van der Waals surface area contributed by atoms with E-state index in [1.165, 1.54) is 5.56 Å². The van der Waals surface area contributed by atoms with Crippen LogP contribution in [0.4, 0.5) is 4.79 Å². The summed E-state index contributed by atoms with van der Waals surface area (Å²) in [5.41, 5.74) is 6.10. The lowest BCUT2D eigenvalue weighted by Gasteiger charge is -2.13. The maximum atomic E-state index is 10.4. The zero-order chi connectivity index (χ0) is 14.4. The predicted octanol–water partition coefficient (Wildman–Crippen LogP) is 1.42. The SMILES string of the molecule is CC(CCc1ccc2c(c1)OCO2)NCCOC(N)=O. The minimum atomic E-state index is -0.736. The Balaban J connectivity index is 1.68. The lowest BCUT2D eigenvalue weighted by molar-refractivity contribution is 0.156. The number of primary amides is 1. The van der Waals surface area contributed by atoms with Crippen LogP contribution in [-0.2, 0) is 11.2 Å². The number of aryl methyl sites for hydroxylation is 1. The second-order valence-corrected chi connectivity index (χ2v) is 4.75. The van der Waals surface area contributed by atoms with Gasteiger partial charge < -0.3 is 25.3 Å². The van der Waals surface area contributed by atoms with Crippen molar-refractivity contribution in [1.29, 1.82) is 0 Å². The third-order valence-electron chi connectivity index (χ3n) is 3.14. The Morgan fingerprint density at radius 2 is 2.25 bits per heavy atom. The molecule has 0 saturated heterocycles. The van der Waals surface area contributed by atoms with Crippen molar-refractivity contribution < 1.29 is 19.0 Å². The van der Waals surface area contributed by atoms with E-state index in [0.717, 1.165) is 24.3 Å². The van der Waals surface area contributed by atoms with Gasteiger partial charge in [0.2, 0.25) is 6.79 Å². The van der Waals surface area contributed by atoms with Crippen LogP contribution < -0.4 is 20.5 Å². The number of hydrogen-bond donors (Lipinski definition) is 2. The Kier molecular flexibility index (Phi) is 5.06. The molecule has 6 nitrogen and oxygen atoms in total. The molecule has 1 aromatic rings. The van der Waals surface area contributed by atoms with Crippen molar-refractivity contribution in [3.63, 3.8) is 0 Å². The van der Waals surface area contributed by atoms with Crippen LogP contribution in [-0.4, -0.2) is 32.1 Å². The van der Waals surface area contributed by atoms with Gasteiger partial charge >= 0.3 is 6.09 Å². The molecule has 0 bridgehead atoms. The summed E-state index contributed by atoms with van der Waals surface area (Å²) in [6, 6.07) is 6.34. The van der Waals surface area contributed by atoms with Crippen molar-refractivity contribution in [3.8, 4) is 11.5 Å². The van der Waals surface area contributed by atoms with E-state index < -0.39 is 6.09 Å². The van der Waals surface area contributed by atoms with Gasteiger partial charge in [0, 0.05) is 12.6 Å². The van der Waals surface area contributed by atoms with E-state index in [1.807, 2.05) is 12.1 Å². The zero-order valence-electron chi connectivity index (χ0n) is 11.6. The molecule has 6 heteroatoms. The van der Waals surface area contributed by atoms with Crippen molar-refractivity contribution >= 4 is 6.09 Å². The lowest BCUT2D eigenvalue weighted by Crippen LogP contribution is -2.31. The number of amides is 1. The molecule has 1 atom stereocenters. The van der Waals surface area contributed by atoms with Gasteiger partial charge in [0.05, 0.1) is 0 Å². The molecule has 1 heterocycles. The van der Waals surface area contributed by atoms with Crippen LogP contribution in [0.25, 0.3) is 0 Å². The number of benzene rings is 1.